The van der Waals surface area contributed by atoms with Crippen LogP contribution in [0.15, 0.2) is 4.99 Å². The molecule has 0 aliphatic rings. The van der Waals surface area contributed by atoms with E-state index in [1.807, 2.05) is 0 Å². The minimum atomic E-state index is -0.814. The van der Waals surface area contributed by atoms with Crippen LogP contribution in [0.3, 0.4) is 0 Å². The van der Waals surface area contributed by atoms with E-state index < -0.39 is 29.4 Å². The van der Waals surface area contributed by atoms with E-state index in [9.17, 15) is 19.2 Å². The summed E-state index contributed by atoms with van der Waals surface area (Å²) in [6.07, 6.45) is 3.75. The van der Waals surface area contributed by atoms with Gasteiger partial charge in [-0.15, -0.1) is 4.99 Å². The summed E-state index contributed by atoms with van der Waals surface area (Å²) >= 11 is 0. The normalized spacial score (nSPS) is 11.9. The number of carbonyl (C=O) groups is 4. The van der Waals surface area contributed by atoms with E-state index in [1.165, 1.54) is 0 Å². The molecular weight excluding hydrogens is 456 g/mol. The number of nitrogens with one attached hydrogen (secondary N) is 3. The first-order valence-electron chi connectivity index (χ1n) is 12.2. The van der Waals surface area contributed by atoms with E-state index in [0.29, 0.717) is 13.1 Å². The molecule has 0 bridgehead atoms. The largest absolute Gasteiger partial charge is 0.466 e. The van der Waals surface area contributed by atoms with Crippen LogP contribution in [0.25, 0.3) is 0 Å². The highest BCUT2D eigenvalue weighted by Gasteiger charge is 2.20. The Bertz CT molecular complexity index is 710. The highest BCUT2D eigenvalue weighted by molar-refractivity contribution is 5.98. The summed E-state index contributed by atoms with van der Waals surface area (Å²) in [6.45, 7) is 13.4. The molecule has 0 atom stereocenters. The number of esters is 1. The van der Waals surface area contributed by atoms with Crippen LogP contribution in [0.4, 0.5) is 9.59 Å². The Kier molecular flexibility index (Phi) is 15.4. The molecule has 0 unspecified atom stereocenters. The summed E-state index contributed by atoms with van der Waals surface area (Å²) in [6, 6.07) is 0. The number of ether oxygens (including phenoxy) is 3. The van der Waals surface area contributed by atoms with Crippen LogP contribution in [-0.4, -0.2) is 60.9 Å². The van der Waals surface area contributed by atoms with Gasteiger partial charge in [0.15, 0.2) is 0 Å². The third-order valence-electron chi connectivity index (χ3n) is 4.04. The summed E-state index contributed by atoms with van der Waals surface area (Å²) in [5.74, 6) is -0.857. The Hall–Kier alpha value is -2.85. The van der Waals surface area contributed by atoms with Gasteiger partial charge in [-0.05, 0) is 61.3 Å². The summed E-state index contributed by atoms with van der Waals surface area (Å²) in [4.78, 5) is 50.7. The number of hydrogen-bond acceptors (Lipinski definition) is 7. The van der Waals surface area contributed by atoms with Gasteiger partial charge in [0.25, 0.3) is 0 Å². The van der Waals surface area contributed by atoms with E-state index in [-0.39, 0.29) is 24.9 Å². The maximum absolute atomic E-state index is 12.1. The Morgan fingerprint density at radius 2 is 1.26 bits per heavy atom. The van der Waals surface area contributed by atoms with Crippen molar-refractivity contribution in [2.75, 3.05) is 19.7 Å². The third-order valence-corrected chi connectivity index (χ3v) is 4.04. The van der Waals surface area contributed by atoms with Crippen molar-refractivity contribution < 1.29 is 33.4 Å². The molecule has 0 aromatic carbocycles. The number of aliphatic imine (C=N–C) groups is 1. The molecule has 0 aliphatic carbocycles. The van der Waals surface area contributed by atoms with Crippen molar-refractivity contribution in [3.05, 3.63) is 0 Å². The molecule has 0 radical (unpaired) electrons. The fourth-order valence-corrected chi connectivity index (χ4v) is 2.69. The van der Waals surface area contributed by atoms with Gasteiger partial charge in [0.05, 0.1) is 6.61 Å². The van der Waals surface area contributed by atoms with Crippen LogP contribution in [0.1, 0.15) is 93.4 Å². The predicted octanol–water partition coefficient (Wildman–Crippen LogP) is 3.80. The van der Waals surface area contributed by atoms with Crippen molar-refractivity contribution in [2.45, 2.75) is 105 Å². The topological polar surface area (TPSA) is 144 Å². The Balaban J connectivity index is 4.24. The maximum atomic E-state index is 12.1. The maximum Gasteiger partial charge on any atom is 0.437 e. The minimum absolute atomic E-state index is 0.0212. The summed E-state index contributed by atoms with van der Waals surface area (Å²) in [7, 11) is 0. The zero-order valence-electron chi connectivity index (χ0n) is 22.4. The number of amides is 3. The van der Waals surface area contributed by atoms with Crippen molar-refractivity contribution in [3.63, 3.8) is 0 Å². The number of nitrogens with zero attached hydrogens (tertiary/aromatic N) is 1. The monoisotopic (exact) mass is 500 g/mol. The molecule has 0 aromatic heterocycles. The minimum Gasteiger partial charge on any atom is -0.466 e. The molecule has 0 aliphatic heterocycles. The number of rotatable bonds is 12. The number of alkyl carbamates (subject to hydrolysis) is 1. The molecule has 202 valence electrons. The van der Waals surface area contributed by atoms with Crippen LogP contribution in [0.2, 0.25) is 0 Å². The van der Waals surface area contributed by atoms with Gasteiger partial charge in [-0.2, -0.15) is 0 Å². The van der Waals surface area contributed by atoms with E-state index in [2.05, 4.69) is 20.9 Å². The quantitative estimate of drug-likeness (QED) is 0.0916. The van der Waals surface area contributed by atoms with E-state index in [1.54, 1.807) is 48.5 Å². The first-order chi connectivity index (χ1) is 16.2. The second kappa shape index (κ2) is 16.7. The second-order valence-corrected chi connectivity index (χ2v) is 9.95. The highest BCUT2D eigenvalue weighted by Crippen LogP contribution is 2.09. The molecule has 0 spiro atoms. The highest BCUT2D eigenvalue weighted by atomic mass is 16.6. The number of unbranched alkanes of at least 4 members (excludes halogenated alkanes) is 5. The molecular formula is C24H44N4O7. The van der Waals surface area contributed by atoms with Crippen LogP contribution < -0.4 is 16.0 Å². The van der Waals surface area contributed by atoms with Gasteiger partial charge in [-0.1, -0.05) is 25.7 Å². The van der Waals surface area contributed by atoms with Crippen LogP contribution in [0.5, 0.6) is 0 Å². The third kappa shape index (κ3) is 21.4. The smallest absolute Gasteiger partial charge is 0.437 e. The SMILES string of the molecule is CCOC(=O)CC(=O)NCCCCCCCCN/C(=N/C(=O)OC(C)(C)C)NC(=O)OC(C)(C)C. The average Bonchev–Trinajstić information content (AvgIpc) is 2.66. The number of guanidine groups is 1. The van der Waals surface area contributed by atoms with Crippen LogP contribution in [-0.2, 0) is 23.8 Å². The molecule has 3 amide bonds. The van der Waals surface area contributed by atoms with Gasteiger partial charge in [0.2, 0.25) is 11.9 Å². The van der Waals surface area contributed by atoms with E-state index in [4.69, 9.17) is 14.2 Å². The molecule has 0 fully saturated rings. The molecule has 0 saturated carbocycles. The van der Waals surface area contributed by atoms with Crippen molar-refractivity contribution >= 4 is 30.0 Å². The molecule has 0 heterocycles. The summed E-state index contributed by atoms with van der Waals surface area (Å²) in [5, 5.41) is 8.12. The lowest BCUT2D eigenvalue weighted by Gasteiger charge is -2.21. The van der Waals surface area contributed by atoms with Gasteiger partial charge in [0, 0.05) is 13.1 Å². The zero-order valence-corrected chi connectivity index (χ0v) is 22.4. The fraction of sp³-hybridized carbons (Fsp3) is 0.792. The average molecular weight is 501 g/mol. The van der Waals surface area contributed by atoms with Crippen LogP contribution >= 0.6 is 0 Å². The molecule has 0 saturated heterocycles. The van der Waals surface area contributed by atoms with E-state index >= 15 is 0 Å². The van der Waals surface area contributed by atoms with Gasteiger partial charge in [-0.3, -0.25) is 14.9 Å². The van der Waals surface area contributed by atoms with Gasteiger partial charge in [0.1, 0.15) is 17.6 Å². The van der Waals surface area contributed by atoms with Crippen LogP contribution in [0, 0.1) is 0 Å². The lowest BCUT2D eigenvalue weighted by Crippen LogP contribution is -2.44. The van der Waals surface area contributed by atoms with Crippen molar-refractivity contribution in [1.29, 1.82) is 0 Å². The molecule has 11 nitrogen and oxygen atoms in total. The zero-order chi connectivity index (χ0) is 26.9. The van der Waals surface area contributed by atoms with Crippen molar-refractivity contribution in [1.82, 2.24) is 16.0 Å². The fourth-order valence-electron chi connectivity index (χ4n) is 2.69. The van der Waals surface area contributed by atoms with Gasteiger partial charge < -0.3 is 24.8 Å². The molecule has 35 heavy (non-hydrogen) atoms. The summed E-state index contributed by atoms with van der Waals surface area (Å²) in [5.41, 5.74) is -1.40. The van der Waals surface area contributed by atoms with E-state index in [0.717, 1.165) is 38.5 Å². The Morgan fingerprint density at radius 1 is 0.743 bits per heavy atom. The molecule has 0 rings (SSSR count). The first-order valence-corrected chi connectivity index (χ1v) is 12.2. The summed E-state index contributed by atoms with van der Waals surface area (Å²) < 4.78 is 15.1. The number of hydrogen-bond donors (Lipinski definition) is 3. The lowest BCUT2D eigenvalue weighted by molar-refractivity contribution is -0.145. The lowest BCUT2D eigenvalue weighted by atomic mass is 10.1. The standard InChI is InChI=1S/C24H44N4O7/c1-8-33-19(30)17-18(29)25-15-13-11-9-10-12-14-16-26-20(27-21(31)34-23(2,3)4)28-22(32)35-24(5,6)7/h8-17H2,1-7H3,(H,25,29)(H2,26,27,28,31,32). The molecule has 11 heteroatoms. The Labute approximate surface area is 209 Å². The van der Waals surface area contributed by atoms with Crippen molar-refractivity contribution in [2.24, 2.45) is 4.99 Å². The Morgan fingerprint density at radius 3 is 1.77 bits per heavy atom. The second-order valence-electron chi connectivity index (χ2n) is 9.95. The van der Waals surface area contributed by atoms with Gasteiger partial charge >= 0.3 is 18.2 Å². The van der Waals surface area contributed by atoms with Gasteiger partial charge in [-0.25, -0.2) is 9.59 Å². The first kappa shape index (κ1) is 32.1. The predicted molar refractivity (Wildman–Crippen MR) is 133 cm³/mol. The van der Waals surface area contributed by atoms with Crippen molar-refractivity contribution in [3.8, 4) is 0 Å². The molecule has 3 N–H and O–H groups in total. The number of carbonyl (C=O) groups excluding carboxylic acids is 4. The molecule has 0 aromatic rings.